The molecular weight excluding hydrogens is 190 g/mol. The minimum absolute atomic E-state index is 0.0394. The molecule has 1 unspecified atom stereocenters. The SMILES string of the molecule is CC#CCCN1CCNCC1C(=O)NC. The van der Waals surface area contributed by atoms with E-state index >= 15 is 0 Å². The lowest BCUT2D eigenvalue weighted by atomic mass is 10.1. The number of likely N-dealkylation sites (N-methyl/N-ethyl adjacent to an activating group) is 1. The zero-order valence-corrected chi connectivity index (χ0v) is 9.47. The van der Waals surface area contributed by atoms with Crippen molar-refractivity contribution in [1.29, 1.82) is 0 Å². The van der Waals surface area contributed by atoms with Crippen molar-refractivity contribution in [3.63, 3.8) is 0 Å². The quantitative estimate of drug-likeness (QED) is 0.611. The first-order valence-electron chi connectivity index (χ1n) is 5.35. The van der Waals surface area contributed by atoms with Gasteiger partial charge in [-0.2, -0.15) is 0 Å². The van der Waals surface area contributed by atoms with Crippen LogP contribution in [0, 0.1) is 11.8 Å². The molecule has 0 aromatic rings. The standard InChI is InChI=1S/C11H19N3O/c1-3-4-5-7-14-8-6-13-9-10(14)11(15)12-2/h10,13H,5-9H2,1-2H3,(H,12,15). The molecule has 0 bridgehead atoms. The first-order valence-corrected chi connectivity index (χ1v) is 5.35. The van der Waals surface area contributed by atoms with Crippen LogP contribution in [0.3, 0.4) is 0 Å². The van der Waals surface area contributed by atoms with Crippen LogP contribution in [0.1, 0.15) is 13.3 Å². The highest BCUT2D eigenvalue weighted by atomic mass is 16.2. The fourth-order valence-electron chi connectivity index (χ4n) is 1.76. The molecule has 0 aromatic heterocycles. The number of hydrogen-bond donors (Lipinski definition) is 2. The summed E-state index contributed by atoms with van der Waals surface area (Å²) in [5, 5.41) is 5.93. The van der Waals surface area contributed by atoms with Crippen LogP contribution in [0.15, 0.2) is 0 Å². The van der Waals surface area contributed by atoms with Gasteiger partial charge in [0.05, 0.1) is 0 Å². The number of nitrogens with one attached hydrogen (secondary N) is 2. The second-order valence-electron chi connectivity index (χ2n) is 3.55. The Balaban J connectivity index is 2.48. The van der Waals surface area contributed by atoms with Gasteiger partial charge in [0, 0.05) is 39.6 Å². The zero-order valence-electron chi connectivity index (χ0n) is 9.47. The Labute approximate surface area is 91.4 Å². The van der Waals surface area contributed by atoms with Crippen molar-refractivity contribution in [2.45, 2.75) is 19.4 Å². The maximum atomic E-state index is 11.6. The van der Waals surface area contributed by atoms with Gasteiger partial charge in [-0.05, 0) is 6.92 Å². The predicted octanol–water partition coefficient (Wildman–Crippen LogP) is -0.580. The highest BCUT2D eigenvalue weighted by molar-refractivity contribution is 5.81. The summed E-state index contributed by atoms with van der Waals surface area (Å²) in [5.74, 6) is 5.99. The maximum Gasteiger partial charge on any atom is 0.238 e. The largest absolute Gasteiger partial charge is 0.358 e. The van der Waals surface area contributed by atoms with E-state index < -0.39 is 0 Å². The van der Waals surface area contributed by atoms with Crippen LogP contribution >= 0.6 is 0 Å². The molecule has 0 aliphatic carbocycles. The van der Waals surface area contributed by atoms with Crippen molar-refractivity contribution in [3.8, 4) is 11.8 Å². The van der Waals surface area contributed by atoms with Gasteiger partial charge in [0.15, 0.2) is 0 Å². The number of amides is 1. The van der Waals surface area contributed by atoms with Gasteiger partial charge in [-0.1, -0.05) is 0 Å². The predicted molar refractivity (Wildman–Crippen MR) is 60.4 cm³/mol. The van der Waals surface area contributed by atoms with Gasteiger partial charge in [-0.15, -0.1) is 11.8 Å². The first kappa shape index (κ1) is 12.0. The molecule has 1 fully saturated rings. The molecule has 1 amide bonds. The Kier molecular flexibility index (Phi) is 5.16. The number of nitrogens with zero attached hydrogens (tertiary/aromatic N) is 1. The molecule has 4 heteroatoms. The molecule has 1 heterocycles. The number of rotatable bonds is 3. The summed E-state index contributed by atoms with van der Waals surface area (Å²) in [5.41, 5.74) is 0. The van der Waals surface area contributed by atoms with E-state index in [-0.39, 0.29) is 11.9 Å². The van der Waals surface area contributed by atoms with Crippen molar-refractivity contribution in [1.82, 2.24) is 15.5 Å². The Bertz CT molecular complexity index is 267. The van der Waals surface area contributed by atoms with E-state index in [2.05, 4.69) is 27.4 Å². The van der Waals surface area contributed by atoms with Gasteiger partial charge in [-0.25, -0.2) is 0 Å². The van der Waals surface area contributed by atoms with E-state index in [1.807, 2.05) is 6.92 Å². The van der Waals surface area contributed by atoms with Crippen LogP contribution in [0.4, 0.5) is 0 Å². The molecule has 1 aliphatic rings. The Morgan fingerprint density at radius 3 is 3.13 bits per heavy atom. The van der Waals surface area contributed by atoms with Crippen molar-refractivity contribution in [3.05, 3.63) is 0 Å². The van der Waals surface area contributed by atoms with E-state index in [0.29, 0.717) is 0 Å². The van der Waals surface area contributed by atoms with E-state index in [1.54, 1.807) is 7.05 Å². The van der Waals surface area contributed by atoms with Crippen molar-refractivity contribution >= 4 is 5.91 Å². The third-order valence-corrected chi connectivity index (χ3v) is 2.60. The molecule has 0 spiro atoms. The van der Waals surface area contributed by atoms with E-state index in [9.17, 15) is 4.79 Å². The van der Waals surface area contributed by atoms with Gasteiger partial charge in [0.1, 0.15) is 6.04 Å². The summed E-state index contributed by atoms with van der Waals surface area (Å²) in [7, 11) is 1.68. The summed E-state index contributed by atoms with van der Waals surface area (Å²) < 4.78 is 0. The van der Waals surface area contributed by atoms with Crippen molar-refractivity contribution in [2.75, 3.05) is 33.2 Å². The van der Waals surface area contributed by atoms with E-state index in [4.69, 9.17) is 0 Å². The molecule has 15 heavy (non-hydrogen) atoms. The average Bonchev–Trinajstić information content (AvgIpc) is 2.29. The van der Waals surface area contributed by atoms with E-state index in [1.165, 1.54) is 0 Å². The summed E-state index contributed by atoms with van der Waals surface area (Å²) in [6, 6.07) is -0.0394. The second-order valence-corrected chi connectivity index (χ2v) is 3.55. The lowest BCUT2D eigenvalue weighted by Gasteiger charge is -2.34. The fraction of sp³-hybridized carbons (Fsp3) is 0.727. The monoisotopic (exact) mass is 209 g/mol. The van der Waals surface area contributed by atoms with Crippen LogP contribution in [0.25, 0.3) is 0 Å². The van der Waals surface area contributed by atoms with Crippen molar-refractivity contribution < 1.29 is 4.79 Å². The Morgan fingerprint density at radius 1 is 1.67 bits per heavy atom. The number of hydrogen-bond acceptors (Lipinski definition) is 3. The lowest BCUT2D eigenvalue weighted by molar-refractivity contribution is -0.126. The molecule has 1 rings (SSSR count). The highest BCUT2D eigenvalue weighted by Gasteiger charge is 2.26. The van der Waals surface area contributed by atoms with Gasteiger partial charge >= 0.3 is 0 Å². The molecule has 84 valence electrons. The van der Waals surface area contributed by atoms with Crippen molar-refractivity contribution in [2.24, 2.45) is 0 Å². The third kappa shape index (κ3) is 3.54. The van der Waals surface area contributed by atoms with Gasteiger partial charge in [0.25, 0.3) is 0 Å². The summed E-state index contributed by atoms with van der Waals surface area (Å²) in [6.45, 7) is 5.32. The number of piperazine rings is 1. The second kappa shape index (κ2) is 6.44. The Hall–Kier alpha value is -1.05. The molecule has 0 aromatic carbocycles. The third-order valence-electron chi connectivity index (χ3n) is 2.60. The van der Waals surface area contributed by atoms with Crippen LogP contribution in [0.5, 0.6) is 0 Å². The minimum atomic E-state index is -0.0394. The minimum Gasteiger partial charge on any atom is -0.358 e. The highest BCUT2D eigenvalue weighted by Crippen LogP contribution is 2.04. The summed E-state index contributed by atoms with van der Waals surface area (Å²) in [6.07, 6.45) is 0.837. The molecule has 2 N–H and O–H groups in total. The van der Waals surface area contributed by atoms with Crippen LogP contribution < -0.4 is 10.6 Å². The van der Waals surface area contributed by atoms with Crippen LogP contribution in [-0.4, -0.2) is 50.1 Å². The fourth-order valence-corrected chi connectivity index (χ4v) is 1.76. The maximum absolute atomic E-state index is 11.6. The topological polar surface area (TPSA) is 44.4 Å². The van der Waals surface area contributed by atoms with Gasteiger partial charge in [-0.3, -0.25) is 9.69 Å². The molecule has 4 nitrogen and oxygen atoms in total. The molecule has 1 aliphatic heterocycles. The van der Waals surface area contributed by atoms with Gasteiger partial charge in [0.2, 0.25) is 5.91 Å². The van der Waals surface area contributed by atoms with Crippen LogP contribution in [-0.2, 0) is 4.79 Å². The lowest BCUT2D eigenvalue weighted by Crippen LogP contribution is -2.57. The molecular formula is C11H19N3O. The number of carbonyl (C=O) groups excluding carboxylic acids is 1. The molecule has 1 saturated heterocycles. The summed E-state index contributed by atoms with van der Waals surface area (Å²) in [4.78, 5) is 13.8. The number of carbonyl (C=O) groups is 1. The first-order chi connectivity index (χ1) is 7.29. The Morgan fingerprint density at radius 2 is 2.47 bits per heavy atom. The van der Waals surface area contributed by atoms with E-state index in [0.717, 1.165) is 32.6 Å². The summed E-state index contributed by atoms with van der Waals surface area (Å²) >= 11 is 0. The normalized spacial score (nSPS) is 21.6. The smallest absolute Gasteiger partial charge is 0.238 e. The molecule has 0 saturated carbocycles. The van der Waals surface area contributed by atoms with Gasteiger partial charge < -0.3 is 10.6 Å². The molecule has 0 radical (unpaired) electrons. The molecule has 1 atom stereocenters. The average molecular weight is 209 g/mol. The zero-order chi connectivity index (χ0) is 11.1. The van der Waals surface area contributed by atoms with Crippen LogP contribution in [0.2, 0.25) is 0 Å².